The summed E-state index contributed by atoms with van der Waals surface area (Å²) in [5, 5.41) is 8.25. The molecule has 1 heterocycles. The van der Waals surface area contributed by atoms with Crippen LogP contribution in [0.3, 0.4) is 0 Å². The fourth-order valence-electron chi connectivity index (χ4n) is 1.86. The summed E-state index contributed by atoms with van der Waals surface area (Å²) >= 11 is 0. The van der Waals surface area contributed by atoms with E-state index in [0.717, 1.165) is 5.69 Å². The lowest BCUT2D eigenvalue weighted by Gasteiger charge is -2.17. The number of anilines is 2. The molecular weight excluding hydrogens is 276 g/mol. The van der Waals surface area contributed by atoms with Crippen molar-refractivity contribution in [3.8, 4) is 0 Å². The first-order valence-electron chi connectivity index (χ1n) is 5.98. The van der Waals surface area contributed by atoms with Gasteiger partial charge in [0.2, 0.25) is 10.0 Å². The summed E-state index contributed by atoms with van der Waals surface area (Å²) in [4.78, 5) is 4.14. The Labute approximate surface area is 117 Å². The Morgan fingerprint density at radius 1 is 1.20 bits per heavy atom. The van der Waals surface area contributed by atoms with Gasteiger partial charge in [0.25, 0.3) is 0 Å². The number of aromatic nitrogens is 1. The number of hydrogen-bond acceptors (Lipinski definition) is 5. The molecule has 2 aromatic rings. The quantitative estimate of drug-likeness (QED) is 0.739. The number of benzene rings is 1. The monoisotopic (exact) mass is 292 g/mol. The van der Waals surface area contributed by atoms with Crippen molar-refractivity contribution in [1.82, 2.24) is 4.98 Å². The summed E-state index contributed by atoms with van der Waals surface area (Å²) < 4.78 is 22.8. The Morgan fingerprint density at radius 2 is 1.95 bits per heavy atom. The van der Waals surface area contributed by atoms with E-state index in [1.807, 2.05) is 25.1 Å². The Bertz CT molecular complexity index is 702. The third-order valence-electron chi connectivity index (χ3n) is 2.88. The van der Waals surface area contributed by atoms with Crippen molar-refractivity contribution in [2.45, 2.75) is 17.9 Å². The SMILES string of the molecule is CC(Nc1cccc(S(N)(=O)=O)c1N)c1ccccn1. The maximum atomic E-state index is 11.4. The molecule has 7 heteroatoms. The van der Waals surface area contributed by atoms with Gasteiger partial charge in [-0.15, -0.1) is 0 Å². The van der Waals surface area contributed by atoms with Crippen LogP contribution in [0, 0.1) is 0 Å². The van der Waals surface area contributed by atoms with Crippen LogP contribution in [-0.4, -0.2) is 13.4 Å². The molecule has 1 aromatic heterocycles. The number of para-hydroxylation sites is 1. The zero-order valence-electron chi connectivity index (χ0n) is 10.9. The van der Waals surface area contributed by atoms with Crippen LogP contribution in [0.1, 0.15) is 18.7 Å². The average molecular weight is 292 g/mol. The zero-order chi connectivity index (χ0) is 14.8. The largest absolute Gasteiger partial charge is 0.396 e. The van der Waals surface area contributed by atoms with Crippen LogP contribution in [0.4, 0.5) is 11.4 Å². The summed E-state index contributed by atoms with van der Waals surface area (Å²) in [6.45, 7) is 1.91. The Hall–Kier alpha value is -2.12. The van der Waals surface area contributed by atoms with E-state index in [4.69, 9.17) is 10.9 Å². The van der Waals surface area contributed by atoms with Gasteiger partial charge in [0.05, 0.1) is 23.1 Å². The number of nitrogen functional groups attached to an aromatic ring is 1. The van der Waals surface area contributed by atoms with Gasteiger partial charge in [-0.3, -0.25) is 4.98 Å². The van der Waals surface area contributed by atoms with Gasteiger partial charge in [-0.1, -0.05) is 12.1 Å². The lowest BCUT2D eigenvalue weighted by atomic mass is 10.2. The molecule has 6 nitrogen and oxygen atoms in total. The molecule has 2 rings (SSSR count). The molecule has 1 unspecified atom stereocenters. The summed E-state index contributed by atoms with van der Waals surface area (Å²) in [5.41, 5.74) is 7.30. The maximum Gasteiger partial charge on any atom is 0.240 e. The van der Waals surface area contributed by atoms with Gasteiger partial charge in [0.1, 0.15) is 4.90 Å². The van der Waals surface area contributed by atoms with Crippen LogP contribution < -0.4 is 16.2 Å². The van der Waals surface area contributed by atoms with Crippen LogP contribution in [0.15, 0.2) is 47.5 Å². The van der Waals surface area contributed by atoms with Crippen molar-refractivity contribution in [1.29, 1.82) is 0 Å². The molecule has 106 valence electrons. The molecule has 1 atom stereocenters. The number of nitrogens with zero attached hydrogens (tertiary/aromatic N) is 1. The van der Waals surface area contributed by atoms with Crippen molar-refractivity contribution < 1.29 is 8.42 Å². The summed E-state index contributed by atoms with van der Waals surface area (Å²) in [5.74, 6) is 0. The van der Waals surface area contributed by atoms with Crippen molar-refractivity contribution in [3.63, 3.8) is 0 Å². The summed E-state index contributed by atoms with van der Waals surface area (Å²) in [6.07, 6.45) is 1.69. The van der Waals surface area contributed by atoms with Gasteiger partial charge in [-0.05, 0) is 31.2 Å². The highest BCUT2D eigenvalue weighted by atomic mass is 32.2. The lowest BCUT2D eigenvalue weighted by Crippen LogP contribution is -2.16. The molecule has 0 aliphatic carbocycles. The Kier molecular flexibility index (Phi) is 3.91. The van der Waals surface area contributed by atoms with E-state index in [1.54, 1.807) is 18.3 Å². The molecule has 0 aliphatic heterocycles. The molecule has 0 saturated carbocycles. The molecule has 0 saturated heterocycles. The molecular formula is C13H16N4O2S. The minimum atomic E-state index is -3.84. The van der Waals surface area contributed by atoms with Gasteiger partial charge < -0.3 is 11.1 Å². The van der Waals surface area contributed by atoms with Crippen LogP contribution in [0.2, 0.25) is 0 Å². The first kappa shape index (κ1) is 14.3. The lowest BCUT2D eigenvalue weighted by molar-refractivity contribution is 0.598. The third kappa shape index (κ3) is 3.06. The normalized spacial score (nSPS) is 12.9. The molecule has 5 N–H and O–H groups in total. The van der Waals surface area contributed by atoms with E-state index in [-0.39, 0.29) is 16.6 Å². The molecule has 0 fully saturated rings. The molecule has 0 spiro atoms. The first-order valence-corrected chi connectivity index (χ1v) is 7.53. The second-order valence-electron chi connectivity index (χ2n) is 4.38. The number of nitrogens with one attached hydrogen (secondary N) is 1. The third-order valence-corrected chi connectivity index (χ3v) is 3.85. The predicted molar refractivity (Wildman–Crippen MR) is 78.5 cm³/mol. The van der Waals surface area contributed by atoms with E-state index < -0.39 is 10.0 Å². The van der Waals surface area contributed by atoms with E-state index in [9.17, 15) is 8.42 Å². The highest BCUT2D eigenvalue weighted by Crippen LogP contribution is 2.28. The zero-order valence-corrected chi connectivity index (χ0v) is 11.8. The highest BCUT2D eigenvalue weighted by molar-refractivity contribution is 7.89. The van der Waals surface area contributed by atoms with Crippen LogP contribution >= 0.6 is 0 Å². The number of rotatable bonds is 4. The van der Waals surface area contributed by atoms with E-state index >= 15 is 0 Å². The molecule has 0 bridgehead atoms. The van der Waals surface area contributed by atoms with Crippen LogP contribution in [0.5, 0.6) is 0 Å². The number of hydrogen-bond donors (Lipinski definition) is 3. The predicted octanol–water partition coefficient (Wildman–Crippen LogP) is 1.48. The minimum absolute atomic E-state index is 0.0873. The average Bonchev–Trinajstić information content (AvgIpc) is 2.40. The van der Waals surface area contributed by atoms with Crippen molar-refractivity contribution in [3.05, 3.63) is 48.3 Å². The molecule has 0 amide bonds. The number of sulfonamides is 1. The van der Waals surface area contributed by atoms with E-state index in [2.05, 4.69) is 10.3 Å². The highest BCUT2D eigenvalue weighted by Gasteiger charge is 2.16. The van der Waals surface area contributed by atoms with Gasteiger partial charge in [-0.25, -0.2) is 13.6 Å². The van der Waals surface area contributed by atoms with E-state index in [0.29, 0.717) is 5.69 Å². The van der Waals surface area contributed by atoms with Crippen molar-refractivity contribution in [2.75, 3.05) is 11.1 Å². The molecule has 20 heavy (non-hydrogen) atoms. The Morgan fingerprint density at radius 3 is 2.55 bits per heavy atom. The smallest absolute Gasteiger partial charge is 0.240 e. The fraction of sp³-hybridized carbons (Fsp3) is 0.154. The van der Waals surface area contributed by atoms with Gasteiger partial charge in [0, 0.05) is 6.20 Å². The van der Waals surface area contributed by atoms with Crippen LogP contribution in [-0.2, 0) is 10.0 Å². The van der Waals surface area contributed by atoms with Crippen molar-refractivity contribution >= 4 is 21.4 Å². The summed E-state index contributed by atoms with van der Waals surface area (Å²) in [7, 11) is -3.84. The summed E-state index contributed by atoms with van der Waals surface area (Å²) in [6, 6.07) is 10.1. The maximum absolute atomic E-state index is 11.4. The first-order chi connectivity index (χ1) is 9.39. The van der Waals surface area contributed by atoms with E-state index in [1.165, 1.54) is 6.07 Å². The van der Waals surface area contributed by atoms with Crippen LogP contribution in [0.25, 0.3) is 0 Å². The molecule has 1 aromatic carbocycles. The minimum Gasteiger partial charge on any atom is -0.396 e. The Balaban J connectivity index is 2.31. The topological polar surface area (TPSA) is 111 Å². The molecule has 0 radical (unpaired) electrons. The number of pyridine rings is 1. The number of nitrogens with two attached hydrogens (primary N) is 2. The standard InChI is InChI=1S/C13H16N4O2S/c1-9(10-5-2-3-8-16-10)17-11-6-4-7-12(13(11)14)20(15,18)19/h2-9,17H,14H2,1H3,(H2,15,18,19). The van der Waals surface area contributed by atoms with Crippen molar-refractivity contribution in [2.24, 2.45) is 5.14 Å². The second kappa shape index (κ2) is 5.48. The van der Waals surface area contributed by atoms with Gasteiger partial charge in [-0.2, -0.15) is 0 Å². The molecule has 0 aliphatic rings. The van der Waals surface area contributed by atoms with Gasteiger partial charge >= 0.3 is 0 Å². The van der Waals surface area contributed by atoms with Gasteiger partial charge in [0.15, 0.2) is 0 Å². The fourth-order valence-corrected chi connectivity index (χ4v) is 2.54. The number of primary sulfonamides is 1. The second-order valence-corrected chi connectivity index (χ2v) is 5.91.